The Morgan fingerprint density at radius 2 is 2.20 bits per heavy atom. The number of furan rings is 1. The van der Waals surface area contributed by atoms with E-state index in [1.54, 1.807) is 36.4 Å². The lowest BCUT2D eigenvalue weighted by molar-refractivity contribution is 0.0386. The molecule has 1 atom stereocenters. The number of ether oxygens (including phenoxy) is 1. The summed E-state index contributed by atoms with van der Waals surface area (Å²) in [6, 6.07) is 5.11. The van der Waals surface area contributed by atoms with Crippen LogP contribution in [-0.2, 0) is 11.8 Å². The van der Waals surface area contributed by atoms with E-state index in [-0.39, 0.29) is 11.7 Å². The van der Waals surface area contributed by atoms with Gasteiger partial charge in [0.2, 0.25) is 5.95 Å². The van der Waals surface area contributed by atoms with Crippen LogP contribution < -0.4 is 10.5 Å². The highest BCUT2D eigenvalue weighted by Gasteiger charge is 2.25. The van der Waals surface area contributed by atoms with E-state index < -0.39 is 0 Å². The molecule has 3 aromatic heterocycles. The molecule has 0 saturated carbocycles. The fraction of sp³-hybridized carbons (Fsp3) is 0.294. The van der Waals surface area contributed by atoms with Crippen molar-refractivity contribution >= 4 is 5.95 Å². The molecule has 0 N–H and O–H groups in total. The summed E-state index contributed by atoms with van der Waals surface area (Å²) < 4.78 is 12.5. The maximum Gasteiger partial charge on any atom is 0.255 e. The van der Waals surface area contributed by atoms with E-state index in [4.69, 9.17) is 9.15 Å². The SMILES string of the molecule is Cn1c(N2CCOC(c3ccoc3)C2)nc(-c2ccncn2)cc1=O. The first kappa shape index (κ1) is 15.5. The van der Waals surface area contributed by atoms with Crippen molar-refractivity contribution in [2.45, 2.75) is 6.10 Å². The molecule has 25 heavy (non-hydrogen) atoms. The van der Waals surface area contributed by atoms with Gasteiger partial charge in [-0.2, -0.15) is 0 Å². The minimum absolute atomic E-state index is 0.118. The van der Waals surface area contributed by atoms with Crippen molar-refractivity contribution in [2.75, 3.05) is 24.6 Å². The van der Waals surface area contributed by atoms with Gasteiger partial charge in [0, 0.05) is 31.4 Å². The molecular weight excluding hydrogens is 322 g/mol. The molecule has 1 unspecified atom stereocenters. The van der Waals surface area contributed by atoms with Crippen molar-refractivity contribution in [1.82, 2.24) is 19.5 Å². The molecule has 1 fully saturated rings. The number of hydrogen-bond donors (Lipinski definition) is 0. The zero-order valence-electron chi connectivity index (χ0n) is 13.7. The Balaban J connectivity index is 1.69. The largest absolute Gasteiger partial charge is 0.472 e. The molecule has 128 valence electrons. The minimum atomic E-state index is -0.134. The summed E-state index contributed by atoms with van der Waals surface area (Å²) in [6.07, 6.45) is 6.26. The van der Waals surface area contributed by atoms with Gasteiger partial charge in [0.15, 0.2) is 0 Å². The molecule has 1 aliphatic heterocycles. The first-order chi connectivity index (χ1) is 12.2. The lowest BCUT2D eigenvalue weighted by Crippen LogP contribution is -2.41. The lowest BCUT2D eigenvalue weighted by Gasteiger charge is -2.34. The Labute approximate surface area is 143 Å². The smallest absolute Gasteiger partial charge is 0.255 e. The van der Waals surface area contributed by atoms with E-state index in [0.29, 0.717) is 37.0 Å². The molecule has 0 bridgehead atoms. The zero-order valence-corrected chi connectivity index (χ0v) is 13.7. The summed E-state index contributed by atoms with van der Waals surface area (Å²) in [5, 5.41) is 0. The highest BCUT2D eigenvalue weighted by atomic mass is 16.5. The second kappa shape index (κ2) is 6.48. The van der Waals surface area contributed by atoms with E-state index in [9.17, 15) is 4.79 Å². The third-order valence-electron chi connectivity index (χ3n) is 4.22. The number of anilines is 1. The maximum absolute atomic E-state index is 12.4. The van der Waals surface area contributed by atoms with Crippen LogP contribution in [0, 0.1) is 0 Å². The summed E-state index contributed by atoms with van der Waals surface area (Å²) in [7, 11) is 1.72. The summed E-state index contributed by atoms with van der Waals surface area (Å²) >= 11 is 0. The number of morpholine rings is 1. The van der Waals surface area contributed by atoms with Crippen LogP contribution >= 0.6 is 0 Å². The van der Waals surface area contributed by atoms with Gasteiger partial charge >= 0.3 is 0 Å². The third kappa shape index (κ3) is 3.03. The van der Waals surface area contributed by atoms with Crippen LogP contribution in [-0.4, -0.2) is 39.2 Å². The molecule has 0 amide bonds. The maximum atomic E-state index is 12.4. The first-order valence-corrected chi connectivity index (χ1v) is 7.95. The molecule has 0 radical (unpaired) electrons. The number of nitrogens with zero attached hydrogens (tertiary/aromatic N) is 5. The minimum Gasteiger partial charge on any atom is -0.472 e. The van der Waals surface area contributed by atoms with Crippen LogP contribution in [0.3, 0.4) is 0 Å². The average Bonchev–Trinajstić information content (AvgIpc) is 3.19. The molecule has 4 rings (SSSR count). The monoisotopic (exact) mass is 339 g/mol. The van der Waals surface area contributed by atoms with Crippen LogP contribution in [0.25, 0.3) is 11.4 Å². The van der Waals surface area contributed by atoms with Crippen LogP contribution in [0.5, 0.6) is 0 Å². The van der Waals surface area contributed by atoms with Crippen LogP contribution in [0.15, 0.2) is 52.5 Å². The van der Waals surface area contributed by atoms with Gasteiger partial charge in [0.1, 0.15) is 12.4 Å². The summed E-state index contributed by atoms with van der Waals surface area (Å²) in [5.74, 6) is 0.595. The van der Waals surface area contributed by atoms with Crippen molar-refractivity contribution < 1.29 is 9.15 Å². The normalized spacial score (nSPS) is 17.6. The Hall–Kier alpha value is -3.00. The second-order valence-electron chi connectivity index (χ2n) is 5.80. The predicted octanol–water partition coefficient (Wildman–Crippen LogP) is 1.41. The van der Waals surface area contributed by atoms with Gasteiger partial charge in [-0.05, 0) is 12.1 Å². The summed E-state index contributed by atoms with van der Waals surface area (Å²) in [5.41, 5.74) is 1.99. The highest BCUT2D eigenvalue weighted by Crippen LogP contribution is 2.25. The van der Waals surface area contributed by atoms with Gasteiger partial charge in [-0.15, -0.1) is 0 Å². The molecule has 1 saturated heterocycles. The zero-order chi connectivity index (χ0) is 17.2. The molecule has 1 aliphatic rings. The molecular formula is C17H17N5O3. The van der Waals surface area contributed by atoms with Crippen molar-refractivity contribution in [3.05, 3.63) is 59.2 Å². The third-order valence-corrected chi connectivity index (χ3v) is 4.22. The summed E-state index contributed by atoms with van der Waals surface area (Å²) in [4.78, 5) is 27.2. The first-order valence-electron chi connectivity index (χ1n) is 7.95. The second-order valence-corrected chi connectivity index (χ2v) is 5.80. The van der Waals surface area contributed by atoms with Crippen molar-refractivity contribution in [2.24, 2.45) is 7.05 Å². The molecule has 0 spiro atoms. The quantitative estimate of drug-likeness (QED) is 0.713. The molecule has 0 aromatic carbocycles. The number of aromatic nitrogens is 4. The van der Waals surface area contributed by atoms with E-state index in [1.165, 1.54) is 12.4 Å². The standard InChI is InChI=1S/C17H17N5O3/c1-21-16(23)8-14(13-2-4-18-11-19-13)20-17(21)22-5-7-25-15(9-22)12-3-6-24-10-12/h2-4,6,8,10-11,15H,5,7,9H2,1H3. The highest BCUT2D eigenvalue weighted by molar-refractivity contribution is 5.55. The van der Waals surface area contributed by atoms with Gasteiger partial charge in [-0.1, -0.05) is 0 Å². The number of rotatable bonds is 3. The van der Waals surface area contributed by atoms with Crippen LogP contribution in [0.1, 0.15) is 11.7 Å². The van der Waals surface area contributed by atoms with Crippen LogP contribution in [0.4, 0.5) is 5.95 Å². The molecule has 3 aromatic rings. The van der Waals surface area contributed by atoms with E-state index >= 15 is 0 Å². The summed E-state index contributed by atoms with van der Waals surface area (Å²) in [6.45, 7) is 1.79. The van der Waals surface area contributed by atoms with Crippen LogP contribution in [0.2, 0.25) is 0 Å². The Bertz CT molecular complexity index is 908. The van der Waals surface area contributed by atoms with Gasteiger partial charge in [0.25, 0.3) is 5.56 Å². The number of hydrogen-bond acceptors (Lipinski definition) is 7. The van der Waals surface area contributed by atoms with Gasteiger partial charge in [0.05, 0.1) is 37.1 Å². The van der Waals surface area contributed by atoms with Gasteiger partial charge in [-0.3, -0.25) is 9.36 Å². The Morgan fingerprint density at radius 3 is 2.96 bits per heavy atom. The van der Waals surface area contributed by atoms with Crippen molar-refractivity contribution in [3.63, 3.8) is 0 Å². The molecule has 0 aliphatic carbocycles. The molecule has 8 heteroatoms. The van der Waals surface area contributed by atoms with Gasteiger partial charge in [-0.25, -0.2) is 15.0 Å². The van der Waals surface area contributed by atoms with E-state index in [2.05, 4.69) is 15.0 Å². The fourth-order valence-corrected chi connectivity index (χ4v) is 2.87. The average molecular weight is 339 g/mol. The Morgan fingerprint density at radius 1 is 1.28 bits per heavy atom. The molecule has 4 heterocycles. The topological polar surface area (TPSA) is 86.3 Å². The predicted molar refractivity (Wildman–Crippen MR) is 90.1 cm³/mol. The van der Waals surface area contributed by atoms with Gasteiger partial charge < -0.3 is 14.1 Å². The van der Waals surface area contributed by atoms with E-state index in [0.717, 1.165) is 5.56 Å². The van der Waals surface area contributed by atoms with Crippen molar-refractivity contribution in [3.8, 4) is 11.4 Å². The van der Waals surface area contributed by atoms with Crippen molar-refractivity contribution in [1.29, 1.82) is 0 Å². The lowest BCUT2D eigenvalue weighted by atomic mass is 10.1. The van der Waals surface area contributed by atoms with E-state index in [1.807, 2.05) is 11.0 Å². The Kier molecular flexibility index (Phi) is 4.02. The fourth-order valence-electron chi connectivity index (χ4n) is 2.87. The molecule has 8 nitrogen and oxygen atoms in total.